The number of carbonyl (C=O) groups is 3. The number of anilines is 4. The van der Waals surface area contributed by atoms with Crippen LogP contribution in [0.15, 0.2) is 121 Å². The average Bonchev–Trinajstić information content (AvgIpc) is 3.66. The molecule has 3 aliphatic heterocycles. The van der Waals surface area contributed by atoms with E-state index in [2.05, 4.69) is 5.32 Å². The molecular weight excluding hydrogens is 719 g/mol. The Morgan fingerprint density at radius 3 is 1.89 bits per heavy atom. The van der Waals surface area contributed by atoms with E-state index in [9.17, 15) is 14.4 Å². The molecule has 10 heteroatoms. The first-order valence-electron chi connectivity index (χ1n) is 18.6. The molecule has 10 nitrogen and oxygen atoms in total. The maximum atomic E-state index is 13.6. The Bertz CT molecular complexity index is 2650. The van der Waals surface area contributed by atoms with Crippen molar-refractivity contribution in [2.75, 3.05) is 43.3 Å². The van der Waals surface area contributed by atoms with Crippen molar-refractivity contribution in [3.8, 4) is 17.2 Å². The first-order valence-corrected chi connectivity index (χ1v) is 18.6. The zero-order valence-electron chi connectivity index (χ0n) is 32.3. The summed E-state index contributed by atoms with van der Waals surface area (Å²) in [5.74, 6) is 0.350. The molecule has 3 heterocycles. The topological polar surface area (TPSA) is 107 Å². The highest BCUT2D eigenvalue weighted by atomic mass is 16.6. The van der Waals surface area contributed by atoms with Crippen LogP contribution in [0.3, 0.4) is 0 Å². The highest BCUT2D eigenvalue weighted by Crippen LogP contribution is 2.57. The molecule has 6 aromatic rings. The zero-order chi connectivity index (χ0) is 39.8. The van der Waals surface area contributed by atoms with Gasteiger partial charge in [-0.1, -0.05) is 42.5 Å². The van der Waals surface area contributed by atoms with Gasteiger partial charge >= 0.3 is 17.9 Å². The summed E-state index contributed by atoms with van der Waals surface area (Å²) in [4.78, 5) is 42.7. The van der Waals surface area contributed by atoms with Crippen LogP contribution < -0.4 is 24.6 Å². The number of hydrogen-bond acceptors (Lipinski definition) is 10. The maximum absolute atomic E-state index is 13.6. The van der Waals surface area contributed by atoms with E-state index in [0.717, 1.165) is 45.0 Å². The van der Waals surface area contributed by atoms with Crippen LogP contribution in [0, 0.1) is 6.92 Å². The summed E-state index contributed by atoms with van der Waals surface area (Å²) in [5, 5.41) is 3.59. The number of cyclic esters (lactones) is 1. The second-order valence-corrected chi connectivity index (χ2v) is 15.0. The lowest BCUT2D eigenvalue weighted by Crippen LogP contribution is -2.33. The van der Waals surface area contributed by atoms with Crippen molar-refractivity contribution in [3.63, 3.8) is 0 Å². The van der Waals surface area contributed by atoms with Crippen molar-refractivity contribution >= 4 is 40.7 Å². The first kappa shape index (κ1) is 35.6. The number of benzene rings is 6. The number of aryl methyl sites for hydroxylation is 1. The molecule has 1 spiro atoms. The molecule has 9 rings (SSSR count). The third-order valence-electron chi connectivity index (χ3n) is 11.0. The van der Waals surface area contributed by atoms with E-state index in [1.165, 1.54) is 6.92 Å². The number of fused-ring (bicyclic) bond motifs is 7. The van der Waals surface area contributed by atoms with Crippen LogP contribution in [0.5, 0.6) is 17.2 Å². The van der Waals surface area contributed by atoms with Crippen LogP contribution >= 0.6 is 0 Å². The normalized spacial score (nSPS) is 18.4. The lowest BCUT2D eigenvalue weighted by molar-refractivity contribution is -0.131. The molecule has 0 fully saturated rings. The Hall–Kier alpha value is -7.07. The van der Waals surface area contributed by atoms with E-state index in [4.69, 9.17) is 18.9 Å². The summed E-state index contributed by atoms with van der Waals surface area (Å²) in [6.45, 7) is 3.35. The molecule has 2 atom stereocenters. The molecule has 0 radical (unpaired) electrons. The summed E-state index contributed by atoms with van der Waals surface area (Å²) in [7, 11) is 7.83. The fourth-order valence-corrected chi connectivity index (χ4v) is 8.21. The number of ether oxygens (including phenoxy) is 4. The minimum Gasteiger partial charge on any atom is -0.456 e. The second-order valence-electron chi connectivity index (χ2n) is 15.0. The average molecular weight is 758 g/mol. The highest BCUT2D eigenvalue weighted by Gasteiger charge is 2.54. The fraction of sp³-hybridized carbons (Fsp3) is 0.170. The van der Waals surface area contributed by atoms with Gasteiger partial charge in [-0.3, -0.25) is 4.79 Å². The lowest BCUT2D eigenvalue weighted by Gasteiger charge is -2.37. The van der Waals surface area contributed by atoms with E-state index in [1.807, 2.05) is 142 Å². The Morgan fingerprint density at radius 2 is 1.21 bits per heavy atom. The predicted octanol–water partition coefficient (Wildman–Crippen LogP) is 8.83. The number of esters is 3. The van der Waals surface area contributed by atoms with Crippen molar-refractivity contribution in [1.82, 2.24) is 0 Å². The van der Waals surface area contributed by atoms with E-state index in [1.54, 1.807) is 24.3 Å². The molecule has 6 aromatic carbocycles. The predicted molar refractivity (Wildman–Crippen MR) is 217 cm³/mol. The molecule has 0 saturated heterocycles. The van der Waals surface area contributed by atoms with Gasteiger partial charge in [0.25, 0.3) is 0 Å². The van der Waals surface area contributed by atoms with Gasteiger partial charge in [0.2, 0.25) is 0 Å². The van der Waals surface area contributed by atoms with Gasteiger partial charge in [-0.25, -0.2) is 9.59 Å². The van der Waals surface area contributed by atoms with Gasteiger partial charge in [-0.15, -0.1) is 0 Å². The molecule has 1 N–H and O–H groups in total. The minimum atomic E-state index is -1.28. The number of rotatable bonds is 7. The Kier molecular flexibility index (Phi) is 8.13. The van der Waals surface area contributed by atoms with Crippen molar-refractivity contribution in [2.45, 2.75) is 25.0 Å². The number of carbonyl (C=O) groups excluding carboxylic acids is 3. The van der Waals surface area contributed by atoms with E-state index < -0.39 is 29.1 Å². The number of nitrogens with one attached hydrogen (secondary N) is 1. The van der Waals surface area contributed by atoms with Crippen LogP contribution in [0.1, 0.15) is 66.6 Å². The van der Waals surface area contributed by atoms with Crippen LogP contribution in [0.2, 0.25) is 0 Å². The molecule has 0 aromatic heterocycles. The van der Waals surface area contributed by atoms with E-state index in [-0.39, 0.29) is 0 Å². The van der Waals surface area contributed by atoms with Crippen molar-refractivity contribution in [3.05, 3.63) is 171 Å². The van der Waals surface area contributed by atoms with Gasteiger partial charge in [0.15, 0.2) is 11.2 Å². The van der Waals surface area contributed by atoms with Crippen LogP contribution in [-0.4, -0.2) is 46.1 Å². The van der Waals surface area contributed by atoms with Gasteiger partial charge in [0.05, 0.1) is 11.1 Å². The smallest absolute Gasteiger partial charge is 0.340 e. The van der Waals surface area contributed by atoms with Gasteiger partial charge in [0.1, 0.15) is 17.2 Å². The molecule has 0 saturated carbocycles. The monoisotopic (exact) mass is 757 g/mol. The largest absolute Gasteiger partial charge is 0.456 e. The second kappa shape index (κ2) is 13.0. The third-order valence-corrected chi connectivity index (χ3v) is 11.0. The fourth-order valence-electron chi connectivity index (χ4n) is 8.21. The van der Waals surface area contributed by atoms with Gasteiger partial charge in [0, 0.05) is 97.3 Å². The molecule has 3 aliphatic rings. The number of hydrogen-bond donors (Lipinski definition) is 1. The van der Waals surface area contributed by atoms with Crippen LogP contribution in [0.25, 0.3) is 0 Å². The Morgan fingerprint density at radius 1 is 0.614 bits per heavy atom. The molecule has 0 aliphatic carbocycles. The van der Waals surface area contributed by atoms with Gasteiger partial charge in [-0.2, -0.15) is 0 Å². The minimum absolute atomic E-state index is 0.387. The maximum Gasteiger partial charge on any atom is 0.340 e. The Labute approximate surface area is 330 Å². The molecule has 284 valence electrons. The standard InChI is InChI=1S/C47H39N3O7/c1-27-23-42-40(47(37-10-8-7-9-35(37)44(52)57-47)38-22-18-33(50(5)6)25-43(38)55-42)26-41(27)48-31-15-11-29(12-16-31)46(30-13-19-34(20-14-30)54-28(2)51)39-24-32(49(3)4)17-21-36(39)45(53)56-46/h7-26,48H,1-6H3. The molecule has 2 unspecified atom stereocenters. The van der Waals surface area contributed by atoms with Crippen molar-refractivity contribution < 1.29 is 33.3 Å². The molecule has 57 heavy (non-hydrogen) atoms. The summed E-state index contributed by atoms with van der Waals surface area (Å²) in [6, 6.07) is 37.9. The summed E-state index contributed by atoms with van der Waals surface area (Å²) in [6.07, 6.45) is 0. The number of nitrogens with zero attached hydrogens (tertiary/aromatic N) is 2. The molecule has 0 amide bonds. The summed E-state index contributed by atoms with van der Waals surface area (Å²) >= 11 is 0. The third kappa shape index (κ3) is 5.50. The summed E-state index contributed by atoms with van der Waals surface area (Å²) in [5.41, 5.74) is 7.18. The quantitative estimate of drug-likeness (QED) is 0.125. The summed E-state index contributed by atoms with van der Waals surface area (Å²) < 4.78 is 24.7. The van der Waals surface area contributed by atoms with E-state index in [0.29, 0.717) is 45.1 Å². The lowest BCUT2D eigenvalue weighted by atomic mass is 9.77. The SMILES string of the molecule is CC(=O)Oc1ccc(C2(c3ccc(Nc4cc5c(cc4C)Oc4cc(N(C)C)ccc4C54OC(=O)c5ccccc54)cc3)OC(=O)c3ccc(N(C)C)cc32)cc1. The molecule has 0 bridgehead atoms. The van der Waals surface area contributed by atoms with Crippen LogP contribution in [-0.2, 0) is 25.5 Å². The molecular formula is C47H39N3O7. The van der Waals surface area contributed by atoms with E-state index >= 15 is 0 Å². The zero-order valence-corrected chi connectivity index (χ0v) is 32.3. The van der Waals surface area contributed by atoms with Crippen LogP contribution in [0.4, 0.5) is 22.7 Å². The van der Waals surface area contributed by atoms with Crippen molar-refractivity contribution in [2.24, 2.45) is 0 Å². The first-order chi connectivity index (χ1) is 27.4. The van der Waals surface area contributed by atoms with Gasteiger partial charge < -0.3 is 34.1 Å². The van der Waals surface area contributed by atoms with Gasteiger partial charge in [-0.05, 0) is 85.3 Å². The highest BCUT2D eigenvalue weighted by molar-refractivity contribution is 5.98. The van der Waals surface area contributed by atoms with Crippen molar-refractivity contribution in [1.29, 1.82) is 0 Å². The Balaban J connectivity index is 1.13.